The Hall–Kier alpha value is -2.08. The SMILES string of the molecule is CCOc1ccc(C(=O)Nc2ccc([C@@H]3CNCCO3)cc2)cc1.Cl. The molecule has 0 bridgehead atoms. The van der Waals surface area contributed by atoms with Gasteiger partial charge < -0.3 is 20.1 Å². The van der Waals surface area contributed by atoms with Gasteiger partial charge in [0, 0.05) is 24.3 Å². The lowest BCUT2D eigenvalue weighted by molar-refractivity contribution is 0.0277. The van der Waals surface area contributed by atoms with Gasteiger partial charge in [-0.3, -0.25) is 4.79 Å². The number of anilines is 1. The van der Waals surface area contributed by atoms with Crippen molar-refractivity contribution in [1.82, 2.24) is 5.32 Å². The van der Waals surface area contributed by atoms with Crippen LogP contribution in [0.5, 0.6) is 5.75 Å². The number of benzene rings is 2. The highest BCUT2D eigenvalue weighted by molar-refractivity contribution is 6.04. The highest BCUT2D eigenvalue weighted by Crippen LogP contribution is 2.21. The highest BCUT2D eigenvalue weighted by Gasteiger charge is 2.15. The van der Waals surface area contributed by atoms with Crippen LogP contribution in [0, 0.1) is 0 Å². The second kappa shape index (κ2) is 9.42. The first-order valence-corrected chi connectivity index (χ1v) is 8.23. The van der Waals surface area contributed by atoms with Crippen molar-refractivity contribution in [3.05, 3.63) is 59.7 Å². The van der Waals surface area contributed by atoms with Gasteiger partial charge in [-0.25, -0.2) is 0 Å². The van der Waals surface area contributed by atoms with Gasteiger partial charge >= 0.3 is 0 Å². The summed E-state index contributed by atoms with van der Waals surface area (Å²) >= 11 is 0. The molecular weight excluding hydrogens is 340 g/mol. The molecule has 1 heterocycles. The van der Waals surface area contributed by atoms with Crippen molar-refractivity contribution in [2.24, 2.45) is 0 Å². The van der Waals surface area contributed by atoms with E-state index in [0.717, 1.165) is 36.7 Å². The predicted octanol–water partition coefficient (Wildman–Crippen LogP) is 3.42. The van der Waals surface area contributed by atoms with E-state index in [0.29, 0.717) is 12.2 Å². The number of morpholine rings is 1. The predicted molar refractivity (Wildman–Crippen MR) is 101 cm³/mol. The van der Waals surface area contributed by atoms with Gasteiger partial charge in [0.25, 0.3) is 5.91 Å². The normalized spacial score (nSPS) is 16.6. The molecule has 0 aliphatic carbocycles. The summed E-state index contributed by atoms with van der Waals surface area (Å²) in [6.45, 7) is 4.97. The molecule has 2 N–H and O–H groups in total. The molecule has 0 radical (unpaired) electrons. The van der Waals surface area contributed by atoms with E-state index in [1.54, 1.807) is 24.3 Å². The number of hydrogen-bond acceptors (Lipinski definition) is 4. The molecule has 2 aromatic carbocycles. The molecule has 1 amide bonds. The minimum atomic E-state index is -0.138. The second-order valence-corrected chi connectivity index (χ2v) is 5.60. The molecule has 1 saturated heterocycles. The third-order valence-corrected chi connectivity index (χ3v) is 3.90. The molecule has 0 aromatic heterocycles. The second-order valence-electron chi connectivity index (χ2n) is 5.60. The zero-order valence-corrected chi connectivity index (χ0v) is 15.0. The number of halogens is 1. The Bertz CT molecular complexity index is 668. The monoisotopic (exact) mass is 362 g/mol. The third kappa shape index (κ3) is 5.19. The molecule has 1 aliphatic heterocycles. The average molecular weight is 363 g/mol. The van der Waals surface area contributed by atoms with Crippen molar-refractivity contribution < 1.29 is 14.3 Å². The number of amides is 1. The smallest absolute Gasteiger partial charge is 0.255 e. The fourth-order valence-corrected chi connectivity index (χ4v) is 2.63. The minimum absolute atomic E-state index is 0. The summed E-state index contributed by atoms with van der Waals surface area (Å²) in [6, 6.07) is 14.9. The molecule has 25 heavy (non-hydrogen) atoms. The third-order valence-electron chi connectivity index (χ3n) is 3.90. The molecule has 1 atom stereocenters. The first-order valence-electron chi connectivity index (χ1n) is 8.23. The van der Waals surface area contributed by atoms with Crippen LogP contribution in [0.25, 0.3) is 0 Å². The highest BCUT2D eigenvalue weighted by atomic mass is 35.5. The van der Waals surface area contributed by atoms with Crippen LogP contribution in [0.4, 0.5) is 5.69 Å². The number of rotatable bonds is 5. The van der Waals surface area contributed by atoms with Crippen molar-refractivity contribution in [3.63, 3.8) is 0 Å². The molecule has 0 unspecified atom stereocenters. The summed E-state index contributed by atoms with van der Waals surface area (Å²) in [5.74, 6) is 0.626. The summed E-state index contributed by atoms with van der Waals surface area (Å²) in [7, 11) is 0. The van der Waals surface area contributed by atoms with Crippen molar-refractivity contribution in [3.8, 4) is 5.75 Å². The summed E-state index contributed by atoms with van der Waals surface area (Å²) in [4.78, 5) is 12.3. The molecule has 3 rings (SSSR count). The first-order chi connectivity index (χ1) is 11.8. The Kier molecular flexibility index (Phi) is 7.25. The average Bonchev–Trinajstić information content (AvgIpc) is 2.64. The molecular formula is C19H23ClN2O3. The molecule has 1 fully saturated rings. The molecule has 0 spiro atoms. The lowest BCUT2D eigenvalue weighted by Crippen LogP contribution is -2.33. The van der Waals surface area contributed by atoms with Crippen molar-refractivity contribution in [2.45, 2.75) is 13.0 Å². The fourth-order valence-electron chi connectivity index (χ4n) is 2.63. The van der Waals surface area contributed by atoms with Gasteiger partial charge in [0.1, 0.15) is 5.75 Å². The number of ether oxygens (including phenoxy) is 2. The van der Waals surface area contributed by atoms with Crippen LogP contribution in [-0.4, -0.2) is 32.2 Å². The maximum atomic E-state index is 12.3. The van der Waals surface area contributed by atoms with Crippen LogP contribution in [0.2, 0.25) is 0 Å². The summed E-state index contributed by atoms with van der Waals surface area (Å²) in [6.07, 6.45) is 0.0783. The van der Waals surface area contributed by atoms with Gasteiger partial charge in [-0.15, -0.1) is 12.4 Å². The van der Waals surface area contributed by atoms with Crippen LogP contribution in [0.15, 0.2) is 48.5 Å². The first kappa shape index (κ1) is 19.2. The van der Waals surface area contributed by atoms with Crippen molar-refractivity contribution in [1.29, 1.82) is 0 Å². The van der Waals surface area contributed by atoms with Gasteiger partial charge in [-0.1, -0.05) is 12.1 Å². The van der Waals surface area contributed by atoms with E-state index in [-0.39, 0.29) is 24.4 Å². The Morgan fingerprint density at radius 1 is 1.20 bits per heavy atom. The number of hydrogen-bond donors (Lipinski definition) is 2. The van der Waals surface area contributed by atoms with E-state index in [2.05, 4.69) is 10.6 Å². The zero-order chi connectivity index (χ0) is 16.8. The van der Waals surface area contributed by atoms with Gasteiger partial charge in [0.2, 0.25) is 0 Å². The Morgan fingerprint density at radius 3 is 2.52 bits per heavy atom. The van der Waals surface area contributed by atoms with Crippen molar-refractivity contribution >= 4 is 24.0 Å². The number of nitrogens with one attached hydrogen (secondary N) is 2. The largest absolute Gasteiger partial charge is 0.494 e. The summed E-state index contributed by atoms with van der Waals surface area (Å²) < 4.78 is 11.1. The molecule has 5 nitrogen and oxygen atoms in total. The Morgan fingerprint density at radius 2 is 1.92 bits per heavy atom. The van der Waals surface area contributed by atoms with Crippen LogP contribution in [0.1, 0.15) is 28.9 Å². The van der Waals surface area contributed by atoms with Crippen molar-refractivity contribution in [2.75, 3.05) is 31.6 Å². The van der Waals surface area contributed by atoms with Crippen LogP contribution in [0.3, 0.4) is 0 Å². The quantitative estimate of drug-likeness (QED) is 0.855. The standard InChI is InChI=1S/C19H22N2O3.ClH/c1-2-23-17-9-5-15(6-10-17)19(22)21-16-7-3-14(4-8-16)18-13-20-11-12-24-18;/h3-10,18,20H,2,11-13H2,1H3,(H,21,22);1H/t18-;/m0./s1. The lowest BCUT2D eigenvalue weighted by Gasteiger charge is -2.24. The van der Waals surface area contributed by atoms with E-state index >= 15 is 0 Å². The Balaban J connectivity index is 0.00000225. The minimum Gasteiger partial charge on any atom is -0.494 e. The van der Waals surface area contributed by atoms with E-state index in [4.69, 9.17) is 9.47 Å². The maximum absolute atomic E-state index is 12.3. The Labute approximate surface area is 154 Å². The van der Waals surface area contributed by atoms with Gasteiger partial charge in [-0.2, -0.15) is 0 Å². The van der Waals surface area contributed by atoms with E-state index < -0.39 is 0 Å². The van der Waals surface area contributed by atoms with Crippen LogP contribution < -0.4 is 15.4 Å². The molecule has 134 valence electrons. The van der Waals surface area contributed by atoms with Crippen LogP contribution in [-0.2, 0) is 4.74 Å². The molecule has 1 aliphatic rings. The number of carbonyl (C=O) groups excluding carboxylic acids is 1. The zero-order valence-electron chi connectivity index (χ0n) is 14.2. The summed E-state index contributed by atoms with van der Waals surface area (Å²) in [5.41, 5.74) is 2.48. The lowest BCUT2D eigenvalue weighted by atomic mass is 10.1. The van der Waals surface area contributed by atoms with Gasteiger partial charge in [0.15, 0.2) is 0 Å². The summed E-state index contributed by atoms with van der Waals surface area (Å²) in [5, 5.41) is 6.21. The molecule has 0 saturated carbocycles. The van der Waals surface area contributed by atoms with Gasteiger partial charge in [-0.05, 0) is 48.9 Å². The van der Waals surface area contributed by atoms with Crippen LogP contribution >= 0.6 is 12.4 Å². The van der Waals surface area contributed by atoms with E-state index in [1.165, 1.54) is 0 Å². The maximum Gasteiger partial charge on any atom is 0.255 e. The van der Waals surface area contributed by atoms with Gasteiger partial charge in [0.05, 0.1) is 19.3 Å². The van der Waals surface area contributed by atoms with E-state index in [9.17, 15) is 4.79 Å². The molecule has 6 heteroatoms. The molecule has 2 aromatic rings. The topological polar surface area (TPSA) is 59.6 Å². The fraction of sp³-hybridized carbons (Fsp3) is 0.316. The number of carbonyl (C=O) groups is 1. The van der Waals surface area contributed by atoms with E-state index in [1.807, 2.05) is 31.2 Å².